The summed E-state index contributed by atoms with van der Waals surface area (Å²) in [5.41, 5.74) is 4.17. The highest BCUT2D eigenvalue weighted by atomic mass is 35.7. The topological polar surface area (TPSA) is 20.5 Å². The molecule has 0 saturated carbocycles. The van der Waals surface area contributed by atoms with Crippen molar-refractivity contribution in [3.05, 3.63) is 65.3 Å². The molecule has 104 valence electrons. The van der Waals surface area contributed by atoms with Gasteiger partial charge >= 0.3 is 13.5 Å². The van der Waals surface area contributed by atoms with Crippen molar-refractivity contribution < 1.29 is 8.74 Å². The summed E-state index contributed by atoms with van der Waals surface area (Å²) in [7, 11) is -1.55. The van der Waals surface area contributed by atoms with Gasteiger partial charge in [0.1, 0.15) is 5.75 Å². The number of hydrogen-bond acceptors (Lipinski definition) is 1. The highest BCUT2D eigenvalue weighted by Crippen LogP contribution is 2.43. The minimum Gasteiger partial charge on any atom is -0.384 e. The van der Waals surface area contributed by atoms with Gasteiger partial charge in [-0.25, -0.2) is 0 Å². The maximum absolute atomic E-state index is 6.17. The zero-order valence-corrected chi connectivity index (χ0v) is 13.5. The largest absolute Gasteiger partial charge is 0.677 e. The molecule has 4 heteroatoms. The van der Waals surface area contributed by atoms with E-state index in [0.29, 0.717) is 5.78 Å². The van der Waals surface area contributed by atoms with Crippen molar-refractivity contribution in [1.82, 2.24) is 0 Å². The van der Waals surface area contributed by atoms with E-state index in [2.05, 4.69) is 6.58 Å². The zero-order valence-electron chi connectivity index (χ0n) is 11.8. The predicted octanol–water partition coefficient (Wildman–Crippen LogP) is 5.33. The second-order valence-corrected chi connectivity index (χ2v) is 6.39. The van der Waals surface area contributed by atoms with Gasteiger partial charge in [-0.1, -0.05) is 24.3 Å². The Morgan fingerprint density at radius 1 is 1.20 bits per heavy atom. The van der Waals surface area contributed by atoms with E-state index in [1.807, 2.05) is 57.2 Å². The summed E-state index contributed by atoms with van der Waals surface area (Å²) in [6, 6.07) is 5.95. The Hall–Kier alpha value is -1.37. The molecule has 0 amide bonds. The van der Waals surface area contributed by atoms with E-state index in [1.165, 1.54) is 5.56 Å². The molecule has 1 aliphatic rings. The number of rotatable bonds is 3. The lowest BCUT2D eigenvalue weighted by Gasteiger charge is -2.05. The van der Waals surface area contributed by atoms with Gasteiger partial charge in [0.05, 0.1) is 16.8 Å². The Morgan fingerprint density at radius 3 is 2.60 bits per heavy atom. The first-order valence-electron chi connectivity index (χ1n) is 6.27. The summed E-state index contributed by atoms with van der Waals surface area (Å²) in [5.74, 6) is 1.40. The lowest BCUT2D eigenvalue weighted by atomic mass is 10.0. The van der Waals surface area contributed by atoms with E-state index in [0.717, 1.165) is 22.5 Å². The maximum atomic E-state index is 6.17. The van der Waals surface area contributed by atoms with Crippen molar-refractivity contribution in [2.75, 3.05) is 0 Å². The summed E-state index contributed by atoms with van der Waals surface area (Å²) in [6.45, 7) is 9.98. The van der Waals surface area contributed by atoms with Gasteiger partial charge in [-0.3, -0.25) is 0 Å². The third-order valence-electron chi connectivity index (χ3n) is 2.89. The van der Waals surface area contributed by atoms with Gasteiger partial charge in [-0.15, -0.1) is 0 Å². The number of aryl methyl sites for hydroxylation is 2. The van der Waals surface area contributed by atoms with Crippen molar-refractivity contribution in [2.45, 2.75) is 20.8 Å². The molecule has 0 radical (unpaired) electrons. The van der Waals surface area contributed by atoms with E-state index >= 15 is 0 Å². The lowest BCUT2D eigenvalue weighted by Crippen LogP contribution is -2.03. The first-order chi connectivity index (χ1) is 9.45. The van der Waals surface area contributed by atoms with Crippen molar-refractivity contribution in [2.24, 2.45) is 0 Å². The standard InChI is InChI=1S/C16H17ClO2P/c1-11-5-7-15(13(3)9-11)18-20(17)19-16-8-6-12(2)10-14(16)4/h5-10H,3H2,1-2,4H3/q+1. The Kier molecular flexibility index (Phi) is 4.80. The summed E-state index contributed by atoms with van der Waals surface area (Å²) < 4.78 is 11.3. The Labute approximate surface area is 125 Å². The van der Waals surface area contributed by atoms with Crippen molar-refractivity contribution >= 4 is 24.8 Å². The summed E-state index contributed by atoms with van der Waals surface area (Å²) in [5, 5.41) is 0. The van der Waals surface area contributed by atoms with Crippen LogP contribution < -0.4 is 4.52 Å². The molecule has 2 rings (SSSR count). The average Bonchev–Trinajstić information content (AvgIpc) is 2.36. The van der Waals surface area contributed by atoms with E-state index in [4.69, 9.17) is 20.0 Å². The second kappa shape index (κ2) is 6.39. The molecule has 0 fully saturated rings. The highest BCUT2D eigenvalue weighted by molar-refractivity contribution is 7.74. The predicted molar refractivity (Wildman–Crippen MR) is 86.4 cm³/mol. The van der Waals surface area contributed by atoms with Crippen molar-refractivity contribution in [1.29, 1.82) is 0 Å². The van der Waals surface area contributed by atoms with Gasteiger partial charge < -0.3 is 4.52 Å². The van der Waals surface area contributed by atoms with Crippen LogP contribution >= 0.6 is 19.0 Å². The van der Waals surface area contributed by atoms with Crippen LogP contribution in [0.4, 0.5) is 0 Å². The number of hydrogen-bond donors (Lipinski definition) is 0. The molecule has 1 unspecified atom stereocenters. The Bertz CT molecular complexity index is 629. The molecule has 1 aromatic rings. The molecule has 20 heavy (non-hydrogen) atoms. The van der Waals surface area contributed by atoms with Crippen LogP contribution in [-0.2, 0) is 4.21 Å². The van der Waals surface area contributed by atoms with E-state index < -0.39 is 7.73 Å². The number of benzene rings is 1. The molecule has 0 spiro atoms. The SMILES string of the molecule is C=C1C=C(C)C=CC1=[O+]P(Cl)Oc1ccc(C)cc1C. The first kappa shape index (κ1) is 15.0. The smallest absolute Gasteiger partial charge is 0.384 e. The third-order valence-corrected chi connectivity index (χ3v) is 3.98. The van der Waals surface area contributed by atoms with Crippen LogP contribution in [-0.4, -0.2) is 5.78 Å². The van der Waals surface area contributed by atoms with Crippen LogP contribution in [0.15, 0.2) is 54.2 Å². The molecule has 1 atom stereocenters. The summed E-state index contributed by atoms with van der Waals surface area (Å²) in [6.07, 6.45) is 5.77. The number of halogens is 1. The third kappa shape index (κ3) is 3.82. The number of carbonyl (C=O) groups excluding carboxylic acids is 1. The van der Waals surface area contributed by atoms with Gasteiger partial charge in [0.15, 0.2) is 0 Å². The monoisotopic (exact) mass is 307 g/mol. The number of ketones is 1. The molecular formula is C16H17ClO2P+. The van der Waals surface area contributed by atoms with Crippen molar-refractivity contribution in [3.63, 3.8) is 0 Å². The minimum atomic E-state index is -1.55. The van der Waals surface area contributed by atoms with E-state index in [1.54, 1.807) is 0 Å². The summed E-state index contributed by atoms with van der Waals surface area (Å²) >= 11 is 6.17. The fourth-order valence-corrected chi connectivity index (χ4v) is 3.05. The van der Waals surface area contributed by atoms with Crippen LogP contribution in [0.2, 0.25) is 0 Å². The molecule has 0 heterocycles. The fourth-order valence-electron chi connectivity index (χ4n) is 1.87. The number of allylic oxidation sites excluding steroid dienone is 5. The molecule has 0 bridgehead atoms. The minimum absolute atomic E-state index is 0.654. The molecule has 0 saturated heterocycles. The van der Waals surface area contributed by atoms with Gasteiger partial charge in [0, 0.05) is 6.08 Å². The first-order valence-corrected chi connectivity index (χ1v) is 8.35. The molecule has 1 aliphatic carbocycles. The zero-order chi connectivity index (χ0) is 14.7. The maximum Gasteiger partial charge on any atom is 0.677 e. The Morgan fingerprint density at radius 2 is 1.95 bits per heavy atom. The molecular weight excluding hydrogens is 291 g/mol. The molecule has 0 N–H and O–H groups in total. The van der Waals surface area contributed by atoms with Crippen molar-refractivity contribution in [3.8, 4) is 5.75 Å². The second-order valence-electron chi connectivity index (χ2n) is 4.78. The highest BCUT2D eigenvalue weighted by Gasteiger charge is 2.27. The van der Waals surface area contributed by atoms with Crippen LogP contribution in [0.25, 0.3) is 0 Å². The normalized spacial score (nSPS) is 18.1. The summed E-state index contributed by atoms with van der Waals surface area (Å²) in [4.78, 5) is 0. The van der Waals surface area contributed by atoms with Crippen LogP contribution in [0.1, 0.15) is 18.1 Å². The molecule has 1 aromatic carbocycles. The van der Waals surface area contributed by atoms with Gasteiger partial charge in [-0.05, 0) is 50.1 Å². The lowest BCUT2D eigenvalue weighted by molar-refractivity contribution is -0.268. The Balaban J connectivity index is 2.11. The average molecular weight is 308 g/mol. The fraction of sp³-hybridized carbons (Fsp3) is 0.188. The molecule has 2 nitrogen and oxygen atoms in total. The quantitative estimate of drug-likeness (QED) is 0.420. The van der Waals surface area contributed by atoms with Gasteiger partial charge in [0.25, 0.3) is 0 Å². The van der Waals surface area contributed by atoms with E-state index in [9.17, 15) is 0 Å². The molecule has 0 aromatic heterocycles. The van der Waals surface area contributed by atoms with E-state index in [-0.39, 0.29) is 0 Å². The molecule has 0 aliphatic heterocycles. The van der Waals surface area contributed by atoms with Crippen LogP contribution in [0, 0.1) is 13.8 Å². The van der Waals surface area contributed by atoms with Crippen LogP contribution in [0.3, 0.4) is 0 Å². The van der Waals surface area contributed by atoms with Crippen LogP contribution in [0.5, 0.6) is 5.75 Å². The van der Waals surface area contributed by atoms with Gasteiger partial charge in [0.2, 0.25) is 0 Å². The van der Waals surface area contributed by atoms with Gasteiger partial charge in [-0.2, -0.15) is 4.21 Å².